The first-order chi connectivity index (χ1) is 7.99. The molecule has 92 valence electrons. The van der Waals surface area contributed by atoms with Crippen LogP contribution in [0.2, 0.25) is 0 Å². The lowest BCUT2D eigenvalue weighted by Crippen LogP contribution is -2.10. The molecule has 0 aromatic heterocycles. The minimum absolute atomic E-state index is 0.272. The summed E-state index contributed by atoms with van der Waals surface area (Å²) >= 11 is 0. The number of aryl methyl sites for hydroxylation is 1. The number of rotatable bonds is 4. The first-order valence-electron chi connectivity index (χ1n) is 5.10. The number of ether oxygens (including phenoxy) is 3. The van der Waals surface area contributed by atoms with E-state index in [0.717, 1.165) is 5.56 Å². The number of methoxy groups -OCH3 is 2. The maximum absolute atomic E-state index is 11.5. The first kappa shape index (κ1) is 13.1. The minimum Gasteiger partial charge on any atom is -0.493 e. The first-order valence-corrected chi connectivity index (χ1v) is 5.10. The Morgan fingerprint density at radius 1 is 1.18 bits per heavy atom. The van der Waals surface area contributed by atoms with Crippen molar-refractivity contribution in [1.82, 2.24) is 0 Å². The standard InChI is InChI=1S/C13H16O4/c1-8(2)13(14)17-12-10(15-4)6-9(3)7-11(12)16-5/h6-7H,1H2,2-5H3. The van der Waals surface area contributed by atoms with Gasteiger partial charge < -0.3 is 14.2 Å². The van der Waals surface area contributed by atoms with Gasteiger partial charge in [-0.1, -0.05) is 6.58 Å². The second kappa shape index (κ2) is 5.39. The second-order valence-electron chi connectivity index (χ2n) is 3.67. The molecule has 0 spiro atoms. The summed E-state index contributed by atoms with van der Waals surface area (Å²) in [5.74, 6) is 0.673. The van der Waals surface area contributed by atoms with Crippen LogP contribution in [-0.4, -0.2) is 20.2 Å². The summed E-state index contributed by atoms with van der Waals surface area (Å²) in [5.41, 5.74) is 1.27. The van der Waals surface area contributed by atoms with Gasteiger partial charge in [-0.2, -0.15) is 0 Å². The highest BCUT2D eigenvalue weighted by atomic mass is 16.6. The van der Waals surface area contributed by atoms with Gasteiger partial charge in [0.05, 0.1) is 14.2 Å². The Morgan fingerprint density at radius 3 is 2.00 bits per heavy atom. The summed E-state index contributed by atoms with van der Waals surface area (Å²) in [6, 6.07) is 3.53. The molecule has 0 aliphatic heterocycles. The lowest BCUT2D eigenvalue weighted by atomic mass is 10.2. The molecule has 0 saturated heterocycles. The Morgan fingerprint density at radius 2 is 1.65 bits per heavy atom. The van der Waals surface area contributed by atoms with E-state index in [1.165, 1.54) is 14.2 Å². The van der Waals surface area contributed by atoms with Crippen LogP contribution >= 0.6 is 0 Å². The molecule has 0 saturated carbocycles. The van der Waals surface area contributed by atoms with Crippen molar-refractivity contribution in [2.45, 2.75) is 13.8 Å². The Balaban J connectivity index is 3.19. The number of carbonyl (C=O) groups excluding carboxylic acids is 1. The van der Waals surface area contributed by atoms with Crippen LogP contribution in [0.25, 0.3) is 0 Å². The molecule has 0 aliphatic rings. The monoisotopic (exact) mass is 236 g/mol. The minimum atomic E-state index is -0.509. The molecule has 0 bridgehead atoms. The van der Waals surface area contributed by atoms with Crippen LogP contribution in [0.4, 0.5) is 0 Å². The van der Waals surface area contributed by atoms with Crippen molar-refractivity contribution in [3.05, 3.63) is 29.8 Å². The van der Waals surface area contributed by atoms with Gasteiger partial charge in [-0.15, -0.1) is 0 Å². The van der Waals surface area contributed by atoms with Gasteiger partial charge in [0.2, 0.25) is 5.75 Å². The summed E-state index contributed by atoms with van der Waals surface area (Å²) < 4.78 is 15.5. The molecule has 4 nitrogen and oxygen atoms in total. The van der Waals surface area contributed by atoms with E-state index in [1.807, 2.05) is 6.92 Å². The smallest absolute Gasteiger partial charge is 0.338 e. The van der Waals surface area contributed by atoms with Crippen molar-refractivity contribution in [2.75, 3.05) is 14.2 Å². The van der Waals surface area contributed by atoms with Gasteiger partial charge in [0, 0.05) is 5.57 Å². The van der Waals surface area contributed by atoms with Gasteiger partial charge in [0.25, 0.3) is 0 Å². The van der Waals surface area contributed by atoms with E-state index in [-0.39, 0.29) is 5.75 Å². The van der Waals surface area contributed by atoms with Crippen molar-refractivity contribution < 1.29 is 19.0 Å². The lowest BCUT2D eigenvalue weighted by Gasteiger charge is -2.13. The van der Waals surface area contributed by atoms with Crippen LogP contribution in [0, 0.1) is 6.92 Å². The zero-order valence-corrected chi connectivity index (χ0v) is 10.5. The molecule has 1 aromatic carbocycles. The Labute approximate surface area is 101 Å². The molecule has 17 heavy (non-hydrogen) atoms. The summed E-state index contributed by atoms with van der Waals surface area (Å²) in [7, 11) is 3.01. The fourth-order valence-electron chi connectivity index (χ4n) is 1.29. The third kappa shape index (κ3) is 3.00. The van der Waals surface area contributed by atoms with Gasteiger partial charge in [0.1, 0.15) is 0 Å². The summed E-state index contributed by atoms with van der Waals surface area (Å²) in [6.07, 6.45) is 0. The Kier molecular flexibility index (Phi) is 4.15. The molecule has 0 N–H and O–H groups in total. The zero-order valence-electron chi connectivity index (χ0n) is 10.5. The van der Waals surface area contributed by atoms with Crippen molar-refractivity contribution in [3.8, 4) is 17.2 Å². The normalized spacial score (nSPS) is 9.65. The number of esters is 1. The topological polar surface area (TPSA) is 44.8 Å². The van der Waals surface area contributed by atoms with Crippen LogP contribution in [0.3, 0.4) is 0 Å². The molecule has 0 unspecified atom stereocenters. The van der Waals surface area contributed by atoms with E-state index in [2.05, 4.69) is 6.58 Å². The van der Waals surface area contributed by atoms with E-state index in [1.54, 1.807) is 19.1 Å². The van der Waals surface area contributed by atoms with E-state index in [9.17, 15) is 4.79 Å². The summed E-state index contributed by atoms with van der Waals surface area (Å²) in [5, 5.41) is 0. The van der Waals surface area contributed by atoms with Crippen LogP contribution in [0.1, 0.15) is 12.5 Å². The maximum Gasteiger partial charge on any atom is 0.338 e. The molecule has 0 heterocycles. The van der Waals surface area contributed by atoms with Gasteiger partial charge in [-0.25, -0.2) is 4.79 Å². The molecule has 0 aliphatic carbocycles. The van der Waals surface area contributed by atoms with Crippen molar-refractivity contribution in [1.29, 1.82) is 0 Å². The molecular weight excluding hydrogens is 220 g/mol. The average Bonchev–Trinajstić information content (AvgIpc) is 2.30. The molecule has 0 atom stereocenters. The second-order valence-corrected chi connectivity index (χ2v) is 3.67. The highest BCUT2D eigenvalue weighted by Gasteiger charge is 2.16. The number of carbonyl (C=O) groups is 1. The Bertz CT molecular complexity index is 424. The summed E-state index contributed by atoms with van der Waals surface area (Å²) in [6.45, 7) is 7.00. The van der Waals surface area contributed by atoms with Crippen LogP contribution in [0.5, 0.6) is 17.2 Å². The number of hydrogen-bond acceptors (Lipinski definition) is 4. The van der Waals surface area contributed by atoms with Crippen molar-refractivity contribution >= 4 is 5.97 Å². The quantitative estimate of drug-likeness (QED) is 0.457. The Hall–Kier alpha value is -1.97. The van der Waals surface area contributed by atoms with E-state index < -0.39 is 5.97 Å². The third-order valence-electron chi connectivity index (χ3n) is 2.15. The predicted molar refractivity (Wildman–Crippen MR) is 64.7 cm³/mol. The third-order valence-corrected chi connectivity index (χ3v) is 2.15. The van der Waals surface area contributed by atoms with Gasteiger partial charge in [-0.05, 0) is 31.5 Å². The van der Waals surface area contributed by atoms with E-state index in [0.29, 0.717) is 17.1 Å². The number of hydrogen-bond donors (Lipinski definition) is 0. The fourth-order valence-corrected chi connectivity index (χ4v) is 1.29. The maximum atomic E-state index is 11.5. The largest absolute Gasteiger partial charge is 0.493 e. The van der Waals surface area contributed by atoms with Gasteiger partial charge in [-0.3, -0.25) is 0 Å². The lowest BCUT2D eigenvalue weighted by molar-refractivity contribution is -0.130. The van der Waals surface area contributed by atoms with Crippen LogP contribution < -0.4 is 14.2 Å². The van der Waals surface area contributed by atoms with E-state index >= 15 is 0 Å². The SMILES string of the molecule is C=C(C)C(=O)Oc1c(OC)cc(C)cc1OC. The predicted octanol–water partition coefficient (Wildman–Crippen LogP) is 2.49. The zero-order chi connectivity index (χ0) is 13.0. The van der Waals surface area contributed by atoms with E-state index in [4.69, 9.17) is 14.2 Å². The molecule has 4 heteroatoms. The molecule has 0 amide bonds. The van der Waals surface area contributed by atoms with Crippen molar-refractivity contribution in [2.24, 2.45) is 0 Å². The number of benzene rings is 1. The molecule has 1 aromatic rings. The molecule has 1 rings (SSSR count). The molecule has 0 radical (unpaired) electrons. The van der Waals surface area contributed by atoms with Gasteiger partial charge >= 0.3 is 5.97 Å². The molecular formula is C13H16O4. The van der Waals surface area contributed by atoms with Crippen LogP contribution in [0.15, 0.2) is 24.3 Å². The van der Waals surface area contributed by atoms with Gasteiger partial charge in [0.15, 0.2) is 11.5 Å². The van der Waals surface area contributed by atoms with Crippen LogP contribution in [-0.2, 0) is 4.79 Å². The average molecular weight is 236 g/mol. The summed E-state index contributed by atoms with van der Waals surface area (Å²) in [4.78, 5) is 11.5. The fraction of sp³-hybridized carbons (Fsp3) is 0.308. The van der Waals surface area contributed by atoms with Crippen molar-refractivity contribution in [3.63, 3.8) is 0 Å². The highest BCUT2D eigenvalue weighted by Crippen LogP contribution is 2.38. The highest BCUT2D eigenvalue weighted by molar-refractivity contribution is 5.89. The molecule has 0 fully saturated rings.